The summed E-state index contributed by atoms with van der Waals surface area (Å²) in [6, 6.07) is 1.05. The fourth-order valence-electron chi connectivity index (χ4n) is 2.67. The van der Waals surface area contributed by atoms with E-state index in [0.29, 0.717) is 10.8 Å². The Hall–Kier alpha value is -1.36. The average molecular weight is 309 g/mol. The number of carboxylic acids is 1. The van der Waals surface area contributed by atoms with E-state index in [1.807, 2.05) is 26.8 Å². The van der Waals surface area contributed by atoms with E-state index in [2.05, 4.69) is 12.2 Å². The summed E-state index contributed by atoms with van der Waals surface area (Å²) in [7, 11) is 0. The van der Waals surface area contributed by atoms with E-state index in [9.17, 15) is 14.7 Å². The first-order valence-corrected chi connectivity index (χ1v) is 8.15. The maximum Gasteiger partial charge on any atom is 0.326 e. The number of hydrogen-bond donors (Lipinski definition) is 2. The Bertz CT molecular complexity index is 556. The number of aliphatic carboxylic acids is 1. The van der Waals surface area contributed by atoms with Crippen molar-refractivity contribution in [1.82, 2.24) is 5.32 Å². The van der Waals surface area contributed by atoms with Gasteiger partial charge in [-0.3, -0.25) is 4.79 Å². The number of aryl methyl sites for hydroxylation is 1. The van der Waals surface area contributed by atoms with Crippen molar-refractivity contribution in [1.29, 1.82) is 0 Å². The van der Waals surface area contributed by atoms with Crippen LogP contribution in [0.3, 0.4) is 0 Å². The van der Waals surface area contributed by atoms with E-state index < -0.39 is 17.4 Å². The van der Waals surface area contributed by atoms with Crippen LogP contribution in [-0.2, 0) is 17.6 Å². The van der Waals surface area contributed by atoms with Gasteiger partial charge in [0, 0.05) is 4.88 Å². The van der Waals surface area contributed by atoms with E-state index in [4.69, 9.17) is 0 Å². The lowest BCUT2D eigenvalue weighted by atomic mass is 9.86. The topological polar surface area (TPSA) is 66.4 Å². The highest BCUT2D eigenvalue weighted by atomic mass is 32.1. The molecule has 0 radical (unpaired) electrons. The van der Waals surface area contributed by atoms with Crippen LogP contribution in [0, 0.1) is 11.3 Å². The molecule has 1 aromatic rings. The molecule has 116 valence electrons. The minimum Gasteiger partial charge on any atom is -0.480 e. The van der Waals surface area contributed by atoms with Gasteiger partial charge in [-0.25, -0.2) is 4.79 Å². The average Bonchev–Trinajstić information content (AvgIpc) is 2.76. The first kappa shape index (κ1) is 16.0. The molecule has 0 saturated carbocycles. The Kier molecular flexibility index (Phi) is 4.42. The Morgan fingerprint density at radius 3 is 2.67 bits per heavy atom. The Morgan fingerprint density at radius 2 is 2.10 bits per heavy atom. The zero-order valence-corrected chi connectivity index (χ0v) is 13.8. The third-order valence-corrected chi connectivity index (χ3v) is 5.18. The van der Waals surface area contributed by atoms with E-state index in [1.54, 1.807) is 0 Å². The number of carbonyl (C=O) groups is 2. The van der Waals surface area contributed by atoms with E-state index >= 15 is 0 Å². The number of nitrogens with one attached hydrogen (secondary N) is 1. The number of rotatable bonds is 3. The van der Waals surface area contributed by atoms with Crippen molar-refractivity contribution in [2.45, 2.75) is 53.0 Å². The minimum absolute atomic E-state index is 0.274. The second-order valence-corrected chi connectivity index (χ2v) is 8.15. The molecule has 1 amide bonds. The van der Waals surface area contributed by atoms with Gasteiger partial charge in [-0.15, -0.1) is 11.3 Å². The highest BCUT2D eigenvalue weighted by Gasteiger charge is 2.33. The van der Waals surface area contributed by atoms with Gasteiger partial charge in [0.15, 0.2) is 0 Å². The third-order valence-electron chi connectivity index (χ3n) is 3.94. The normalized spacial score (nSPS) is 19.7. The van der Waals surface area contributed by atoms with Gasteiger partial charge in [0.1, 0.15) is 6.04 Å². The summed E-state index contributed by atoms with van der Waals surface area (Å²) in [5.74, 6) is -0.612. The second-order valence-electron chi connectivity index (χ2n) is 7.02. The van der Waals surface area contributed by atoms with E-state index in [-0.39, 0.29) is 5.91 Å². The fraction of sp³-hybridized carbons (Fsp3) is 0.625. The molecule has 2 rings (SSSR count). The predicted molar refractivity (Wildman–Crippen MR) is 83.9 cm³/mol. The van der Waals surface area contributed by atoms with Crippen LogP contribution in [0.4, 0.5) is 0 Å². The van der Waals surface area contributed by atoms with Crippen molar-refractivity contribution in [3.05, 3.63) is 21.4 Å². The third kappa shape index (κ3) is 3.64. The van der Waals surface area contributed by atoms with Gasteiger partial charge in [-0.05, 0) is 42.2 Å². The minimum atomic E-state index is -0.995. The lowest BCUT2D eigenvalue weighted by Gasteiger charge is -2.27. The smallest absolute Gasteiger partial charge is 0.326 e. The molecule has 1 aromatic heterocycles. The van der Waals surface area contributed by atoms with Crippen LogP contribution in [0.25, 0.3) is 0 Å². The molecule has 1 aliphatic carbocycles. The molecule has 2 atom stereocenters. The maximum absolute atomic E-state index is 12.3. The van der Waals surface area contributed by atoms with Crippen molar-refractivity contribution in [2.75, 3.05) is 0 Å². The van der Waals surface area contributed by atoms with Gasteiger partial charge in [-0.2, -0.15) is 0 Å². The van der Waals surface area contributed by atoms with Crippen LogP contribution >= 0.6 is 11.3 Å². The summed E-state index contributed by atoms with van der Waals surface area (Å²) >= 11 is 1.50. The largest absolute Gasteiger partial charge is 0.480 e. The summed E-state index contributed by atoms with van der Waals surface area (Å²) in [5, 5.41) is 12.0. The number of carboxylic acid groups (broad SMARTS) is 1. The van der Waals surface area contributed by atoms with Crippen molar-refractivity contribution < 1.29 is 14.7 Å². The number of amides is 1. The summed E-state index contributed by atoms with van der Waals surface area (Å²) in [6.45, 7) is 7.66. The molecule has 0 spiro atoms. The molecular weight excluding hydrogens is 286 g/mol. The van der Waals surface area contributed by atoms with Crippen LogP contribution in [0.2, 0.25) is 0 Å². The summed E-state index contributed by atoms with van der Waals surface area (Å²) in [6.07, 6.45) is 3.20. The van der Waals surface area contributed by atoms with Crippen LogP contribution < -0.4 is 5.32 Å². The van der Waals surface area contributed by atoms with Gasteiger partial charge in [-0.1, -0.05) is 27.7 Å². The number of hydrogen-bond acceptors (Lipinski definition) is 3. The fourth-order valence-corrected chi connectivity index (χ4v) is 3.78. The summed E-state index contributed by atoms with van der Waals surface area (Å²) < 4.78 is 0. The van der Waals surface area contributed by atoms with Gasteiger partial charge in [0.05, 0.1) is 4.88 Å². The molecule has 0 saturated heterocycles. The van der Waals surface area contributed by atoms with Gasteiger partial charge in [0.25, 0.3) is 5.91 Å². The summed E-state index contributed by atoms with van der Waals surface area (Å²) in [5.41, 5.74) is 0.735. The van der Waals surface area contributed by atoms with Crippen molar-refractivity contribution >= 4 is 23.2 Å². The van der Waals surface area contributed by atoms with Crippen molar-refractivity contribution in [2.24, 2.45) is 11.3 Å². The highest BCUT2D eigenvalue weighted by molar-refractivity contribution is 7.14. The monoisotopic (exact) mass is 309 g/mol. The Labute approximate surface area is 129 Å². The van der Waals surface area contributed by atoms with Crippen LogP contribution in [0.15, 0.2) is 6.07 Å². The molecule has 1 aliphatic rings. The van der Waals surface area contributed by atoms with Crippen LogP contribution in [0.1, 0.15) is 54.2 Å². The molecular formula is C16H23NO3S. The Morgan fingerprint density at radius 1 is 1.43 bits per heavy atom. The van der Waals surface area contributed by atoms with Gasteiger partial charge in [0.2, 0.25) is 0 Å². The molecule has 0 aliphatic heterocycles. The maximum atomic E-state index is 12.3. The number of fused-ring (bicyclic) bond motifs is 1. The molecule has 4 nitrogen and oxygen atoms in total. The molecule has 1 heterocycles. The molecule has 0 fully saturated rings. The summed E-state index contributed by atoms with van der Waals surface area (Å²) in [4.78, 5) is 25.6. The first-order valence-electron chi connectivity index (χ1n) is 7.33. The first-order chi connectivity index (χ1) is 9.68. The molecule has 2 unspecified atom stereocenters. The zero-order chi connectivity index (χ0) is 15.8. The van der Waals surface area contributed by atoms with E-state index in [0.717, 1.165) is 19.3 Å². The SMILES string of the molecule is CC1CCc2sc(C(=O)NC(C(=O)O)C(C)(C)C)cc2C1. The highest BCUT2D eigenvalue weighted by Crippen LogP contribution is 2.32. The molecule has 5 heteroatoms. The molecule has 21 heavy (non-hydrogen) atoms. The quantitative estimate of drug-likeness (QED) is 0.901. The van der Waals surface area contributed by atoms with Gasteiger partial charge >= 0.3 is 5.97 Å². The molecule has 0 aromatic carbocycles. The van der Waals surface area contributed by atoms with Crippen LogP contribution in [-0.4, -0.2) is 23.0 Å². The Balaban J connectivity index is 2.15. The van der Waals surface area contributed by atoms with Crippen molar-refractivity contribution in [3.63, 3.8) is 0 Å². The van der Waals surface area contributed by atoms with Crippen LogP contribution in [0.5, 0.6) is 0 Å². The second kappa shape index (κ2) is 5.79. The van der Waals surface area contributed by atoms with Crippen molar-refractivity contribution in [3.8, 4) is 0 Å². The van der Waals surface area contributed by atoms with Gasteiger partial charge < -0.3 is 10.4 Å². The standard InChI is InChI=1S/C16H23NO3S/c1-9-5-6-11-10(7-9)8-12(21-11)14(18)17-13(15(19)20)16(2,3)4/h8-9,13H,5-7H2,1-4H3,(H,17,18)(H,19,20). The zero-order valence-electron chi connectivity index (χ0n) is 13.0. The molecule has 0 bridgehead atoms. The number of carbonyl (C=O) groups excluding carboxylic acids is 1. The lowest BCUT2D eigenvalue weighted by molar-refractivity contribution is -0.142. The van der Waals surface area contributed by atoms with E-state index in [1.165, 1.54) is 21.8 Å². The number of thiophene rings is 1. The lowest BCUT2D eigenvalue weighted by Crippen LogP contribution is -2.48. The predicted octanol–water partition coefficient (Wildman–Crippen LogP) is 3.10. The molecule has 2 N–H and O–H groups in total.